The Kier molecular flexibility index (Phi) is 8.90. The molecule has 0 unspecified atom stereocenters. The smallest absolute Gasteiger partial charge is 0.779 e. The SMILES string of the molecule is [Be+2].[NH2-].[S-]c1ccc2ccccc2c1-c1[nH+]c2ccccc2s1.[S-]c1ccc2ccccc2c1-c1nc2ccccc2s1. The molecule has 2 aromatic heterocycles. The Balaban J connectivity index is 0.000000160. The molecule has 0 aliphatic rings. The molecule has 0 aliphatic carbocycles. The third kappa shape index (κ3) is 5.51. The molecular weight excluding hydrogens is 588 g/mol. The molecule has 2 heterocycles. The summed E-state index contributed by atoms with van der Waals surface area (Å²) in [6.07, 6.45) is 0. The second kappa shape index (κ2) is 12.6. The summed E-state index contributed by atoms with van der Waals surface area (Å²) >= 11 is 14.5. The summed E-state index contributed by atoms with van der Waals surface area (Å²) in [7, 11) is 0. The fourth-order valence-electron chi connectivity index (χ4n) is 4.97. The Labute approximate surface area is 266 Å². The van der Waals surface area contributed by atoms with Crippen LogP contribution < -0.4 is 4.98 Å². The molecule has 0 amide bonds. The van der Waals surface area contributed by atoms with E-state index < -0.39 is 0 Å². The zero-order chi connectivity index (χ0) is 27.1. The third-order valence-electron chi connectivity index (χ3n) is 6.86. The van der Waals surface area contributed by atoms with Gasteiger partial charge in [-0.2, -0.15) is 14.8 Å². The van der Waals surface area contributed by atoms with E-state index in [1.807, 2.05) is 48.5 Å². The summed E-state index contributed by atoms with van der Waals surface area (Å²) in [5.74, 6) is 0. The van der Waals surface area contributed by atoms with Crippen LogP contribution in [0.15, 0.2) is 131 Å². The summed E-state index contributed by atoms with van der Waals surface area (Å²) in [6, 6.07) is 41.5. The van der Waals surface area contributed by atoms with Crippen molar-refractivity contribution in [3.63, 3.8) is 0 Å². The molecule has 0 bridgehead atoms. The van der Waals surface area contributed by atoms with Gasteiger partial charge in [0.1, 0.15) is 9.71 Å². The van der Waals surface area contributed by atoms with Crippen molar-refractivity contribution in [2.75, 3.05) is 0 Å². The average Bonchev–Trinajstić information content (AvgIpc) is 3.61. The number of fused-ring (bicyclic) bond motifs is 4. The van der Waals surface area contributed by atoms with E-state index >= 15 is 0 Å². The number of benzene rings is 6. The number of nitrogens with zero attached hydrogens (tertiary/aromatic N) is 1. The Bertz CT molecular complexity index is 1950. The summed E-state index contributed by atoms with van der Waals surface area (Å²) in [5.41, 5.74) is 4.42. The minimum atomic E-state index is 0. The minimum Gasteiger partial charge on any atom is -0.779 e. The minimum absolute atomic E-state index is 0. The molecule has 3 nitrogen and oxygen atoms in total. The van der Waals surface area contributed by atoms with Crippen molar-refractivity contribution >= 4 is 100 Å². The molecule has 0 spiro atoms. The molecule has 42 heavy (non-hydrogen) atoms. The van der Waals surface area contributed by atoms with E-state index in [0.717, 1.165) is 42.0 Å². The number of aromatic nitrogens is 2. The van der Waals surface area contributed by atoms with Gasteiger partial charge in [-0.3, -0.25) is 0 Å². The number of H-pyrrole nitrogens is 1. The summed E-state index contributed by atoms with van der Waals surface area (Å²) in [5, 5.41) is 6.96. The molecule has 6 aromatic carbocycles. The predicted octanol–water partition coefficient (Wildman–Crippen LogP) is 9.80. The monoisotopic (exact) mass is 610 g/mol. The Morgan fingerprint density at radius 1 is 0.548 bits per heavy atom. The van der Waals surface area contributed by atoms with Crippen molar-refractivity contribution in [1.82, 2.24) is 4.98 Å². The van der Waals surface area contributed by atoms with Crippen LogP contribution in [-0.4, -0.2) is 15.1 Å². The standard InChI is InChI=1S/2C17H11NS2.Be.H2N/c2*19-14-10-9-11-5-1-2-6-12(11)16(14)17-18-13-7-3-4-8-15(13)20-17;;/h2*1-10,19H;;1H2/q;;+2;-1/p-1. The predicted molar refractivity (Wildman–Crippen MR) is 186 cm³/mol. The van der Waals surface area contributed by atoms with Crippen molar-refractivity contribution in [3.8, 4) is 21.1 Å². The van der Waals surface area contributed by atoms with Crippen molar-refractivity contribution < 1.29 is 4.98 Å². The van der Waals surface area contributed by atoms with Crippen LogP contribution in [-0.2, 0) is 25.3 Å². The number of para-hydroxylation sites is 2. The Morgan fingerprint density at radius 2 is 1.10 bits per heavy atom. The van der Waals surface area contributed by atoms with Crippen LogP contribution in [0.1, 0.15) is 0 Å². The second-order valence-corrected chi connectivity index (χ2v) is 12.3. The maximum absolute atomic E-state index is 5.55. The van der Waals surface area contributed by atoms with Gasteiger partial charge in [-0.15, -0.1) is 11.3 Å². The van der Waals surface area contributed by atoms with E-state index in [2.05, 4.69) is 77.8 Å². The summed E-state index contributed by atoms with van der Waals surface area (Å²) in [6.45, 7) is 0. The van der Waals surface area contributed by atoms with E-state index in [9.17, 15) is 0 Å². The summed E-state index contributed by atoms with van der Waals surface area (Å²) < 4.78 is 2.45. The fraction of sp³-hybridized carbons (Fsp3) is 0. The topological polar surface area (TPSA) is 60.5 Å². The number of nitrogens with two attached hydrogens (primary N) is 1. The molecule has 8 rings (SSSR count). The van der Waals surface area contributed by atoms with Gasteiger partial charge in [-0.1, -0.05) is 108 Å². The van der Waals surface area contributed by atoms with Crippen molar-refractivity contribution in [2.24, 2.45) is 0 Å². The van der Waals surface area contributed by atoms with E-state index in [1.54, 1.807) is 22.7 Å². The number of nitrogens with one attached hydrogen (secondary N) is 1. The molecule has 8 heteroatoms. The van der Waals surface area contributed by atoms with Gasteiger partial charge in [0.15, 0.2) is 0 Å². The zero-order valence-electron chi connectivity index (χ0n) is 22.4. The number of thiazole rings is 2. The first-order valence-electron chi connectivity index (χ1n) is 12.8. The third-order valence-corrected chi connectivity index (χ3v) is 9.68. The molecular formula is C34H23BeN3S4. The number of rotatable bonds is 2. The van der Waals surface area contributed by atoms with Crippen LogP contribution in [0.25, 0.3) is 69.3 Å². The molecule has 0 atom stereocenters. The molecule has 0 saturated carbocycles. The summed E-state index contributed by atoms with van der Waals surface area (Å²) in [4.78, 5) is 10.0. The first-order valence-corrected chi connectivity index (χ1v) is 15.3. The van der Waals surface area contributed by atoms with Gasteiger partial charge < -0.3 is 31.4 Å². The van der Waals surface area contributed by atoms with E-state index in [4.69, 9.17) is 30.2 Å². The molecule has 8 aromatic rings. The van der Waals surface area contributed by atoms with Crippen LogP contribution in [0.2, 0.25) is 0 Å². The first kappa shape index (κ1) is 29.7. The molecule has 0 fully saturated rings. The van der Waals surface area contributed by atoms with Gasteiger partial charge in [-0.05, 0) is 45.3 Å². The maximum atomic E-state index is 5.55. The van der Waals surface area contributed by atoms with Gasteiger partial charge in [0, 0.05) is 11.6 Å². The molecule has 3 N–H and O–H groups in total. The molecule has 0 radical (unpaired) electrons. The average molecular weight is 611 g/mol. The van der Waals surface area contributed by atoms with Crippen LogP contribution in [0.4, 0.5) is 0 Å². The van der Waals surface area contributed by atoms with Crippen molar-refractivity contribution in [3.05, 3.63) is 127 Å². The van der Waals surface area contributed by atoms with Gasteiger partial charge in [0.25, 0.3) is 5.01 Å². The largest absolute Gasteiger partial charge is 2.00 e. The normalized spacial score (nSPS) is 10.7. The molecule has 200 valence electrons. The van der Waals surface area contributed by atoms with Crippen LogP contribution in [0.5, 0.6) is 0 Å². The van der Waals surface area contributed by atoms with E-state index in [0.29, 0.717) is 0 Å². The zero-order valence-corrected chi connectivity index (χ0v) is 25.7. The Hall–Kier alpha value is -3.81. The van der Waals surface area contributed by atoms with Gasteiger partial charge in [0.2, 0.25) is 5.52 Å². The van der Waals surface area contributed by atoms with Crippen molar-refractivity contribution in [1.29, 1.82) is 0 Å². The molecule has 0 aliphatic heterocycles. The molecule has 0 saturated heterocycles. The van der Waals surface area contributed by atoms with Gasteiger partial charge in [0.05, 0.1) is 10.2 Å². The number of aromatic amines is 1. The van der Waals surface area contributed by atoms with Gasteiger partial charge >= 0.3 is 10.1 Å². The van der Waals surface area contributed by atoms with E-state index in [-0.39, 0.29) is 16.3 Å². The van der Waals surface area contributed by atoms with Crippen LogP contribution in [0, 0.1) is 0 Å². The fourth-order valence-corrected chi connectivity index (χ4v) is 7.77. The van der Waals surface area contributed by atoms with Gasteiger partial charge in [-0.25, -0.2) is 4.98 Å². The van der Waals surface area contributed by atoms with Crippen LogP contribution >= 0.6 is 22.7 Å². The number of hydrogen-bond acceptors (Lipinski definition) is 5. The first-order chi connectivity index (χ1) is 19.7. The van der Waals surface area contributed by atoms with Crippen molar-refractivity contribution in [2.45, 2.75) is 9.79 Å². The Morgan fingerprint density at radius 3 is 1.76 bits per heavy atom. The number of hydrogen-bond donors (Lipinski definition) is 0. The maximum Gasteiger partial charge on any atom is 2.00 e. The quantitative estimate of drug-likeness (QED) is 0.145. The van der Waals surface area contributed by atoms with Crippen LogP contribution in [0.3, 0.4) is 0 Å². The second-order valence-electron chi connectivity index (χ2n) is 9.36. The van der Waals surface area contributed by atoms with E-state index in [1.165, 1.54) is 30.9 Å².